The molecule has 0 spiro atoms. The molecule has 0 aromatic heterocycles. The van der Waals surface area contributed by atoms with E-state index in [1.165, 1.54) is 44.6 Å². The zero-order valence-electron chi connectivity index (χ0n) is 20.4. The van der Waals surface area contributed by atoms with Crippen LogP contribution in [0.2, 0.25) is 13.3 Å². The van der Waals surface area contributed by atoms with Crippen molar-refractivity contribution >= 4 is 31.8 Å². The third-order valence-electron chi connectivity index (χ3n) is 7.62. The molecule has 1 aliphatic carbocycles. The number of hydrogen-bond donors (Lipinski definition) is 0. The van der Waals surface area contributed by atoms with E-state index in [0.717, 1.165) is 54.3 Å². The summed E-state index contributed by atoms with van der Waals surface area (Å²) in [7, 11) is -3.36. The normalized spacial score (nSPS) is 16.9. The molecule has 4 heteroatoms. The van der Waals surface area contributed by atoms with Crippen LogP contribution >= 0.6 is 0 Å². The Hall–Kier alpha value is -0.291. The Morgan fingerprint density at radius 3 is 2.06 bits per heavy atom. The average Bonchev–Trinajstić information content (AvgIpc) is 2.80. The summed E-state index contributed by atoms with van der Waals surface area (Å²) in [4.78, 5) is 0.720. The van der Waals surface area contributed by atoms with Crippen LogP contribution in [0.25, 0.3) is 0 Å². The van der Waals surface area contributed by atoms with Gasteiger partial charge >= 0.3 is 198 Å². The SMILES string of the molecule is C=C[CH2][Sn]([CH2]CCC)([CH2]CCC)[c]1ccccc1S(=O)(=O)C1(CCCC)CCCCC1. The summed E-state index contributed by atoms with van der Waals surface area (Å²) >= 11 is -2.95. The number of allylic oxidation sites excluding steroid dienone is 1. The van der Waals surface area contributed by atoms with Gasteiger partial charge in [0.1, 0.15) is 0 Å². The Kier molecular flexibility index (Phi) is 11.1. The van der Waals surface area contributed by atoms with E-state index in [9.17, 15) is 8.42 Å². The van der Waals surface area contributed by atoms with Gasteiger partial charge in [-0.2, -0.15) is 0 Å². The van der Waals surface area contributed by atoms with Crippen molar-refractivity contribution in [1.82, 2.24) is 0 Å². The summed E-state index contributed by atoms with van der Waals surface area (Å²) in [5.74, 6) is 0. The summed E-state index contributed by atoms with van der Waals surface area (Å²) in [5, 5.41) is 0. The molecule has 1 fully saturated rings. The molecular weight excluding hydrogens is 507 g/mol. The first-order valence-electron chi connectivity index (χ1n) is 12.9. The van der Waals surface area contributed by atoms with Crippen molar-refractivity contribution < 1.29 is 8.42 Å². The third-order valence-corrected chi connectivity index (χ3v) is 25.9. The van der Waals surface area contributed by atoms with Crippen molar-refractivity contribution in [1.29, 1.82) is 0 Å². The molecule has 1 saturated carbocycles. The molecule has 176 valence electrons. The summed E-state index contributed by atoms with van der Waals surface area (Å²) in [6.07, 6.45) is 14.8. The van der Waals surface area contributed by atoms with Gasteiger partial charge in [-0.05, 0) is 0 Å². The molecule has 0 amide bonds. The number of rotatable bonds is 14. The monoisotopic (exact) mass is 554 g/mol. The van der Waals surface area contributed by atoms with Crippen LogP contribution in [0.15, 0.2) is 41.8 Å². The van der Waals surface area contributed by atoms with Crippen molar-refractivity contribution in [2.75, 3.05) is 0 Å². The maximum absolute atomic E-state index is 14.4. The van der Waals surface area contributed by atoms with Gasteiger partial charge in [0.15, 0.2) is 0 Å². The van der Waals surface area contributed by atoms with E-state index in [1.807, 2.05) is 12.1 Å². The van der Waals surface area contributed by atoms with Crippen LogP contribution in [0.4, 0.5) is 0 Å². The van der Waals surface area contributed by atoms with Crippen molar-refractivity contribution in [3.8, 4) is 0 Å². The van der Waals surface area contributed by atoms with E-state index < -0.39 is 33.0 Å². The Morgan fingerprint density at radius 1 is 0.935 bits per heavy atom. The fourth-order valence-corrected chi connectivity index (χ4v) is 25.2. The molecule has 0 heterocycles. The summed E-state index contributed by atoms with van der Waals surface area (Å²) in [6.45, 7) is 10.8. The molecule has 1 aromatic rings. The van der Waals surface area contributed by atoms with E-state index in [0.29, 0.717) is 0 Å². The van der Waals surface area contributed by atoms with Crippen LogP contribution < -0.4 is 3.58 Å². The average molecular weight is 553 g/mol. The predicted molar refractivity (Wildman–Crippen MR) is 139 cm³/mol. The second-order valence-electron chi connectivity index (χ2n) is 9.83. The number of benzene rings is 1. The van der Waals surface area contributed by atoms with Crippen LogP contribution in [-0.4, -0.2) is 31.5 Å². The fraction of sp³-hybridized carbons (Fsp3) is 0.704. The zero-order chi connectivity index (χ0) is 22.8. The molecule has 1 aromatic carbocycles. The van der Waals surface area contributed by atoms with Gasteiger partial charge in [0, 0.05) is 0 Å². The first kappa shape index (κ1) is 27.0. The second kappa shape index (κ2) is 12.8. The van der Waals surface area contributed by atoms with E-state index >= 15 is 0 Å². The molecule has 0 bridgehead atoms. The van der Waals surface area contributed by atoms with Gasteiger partial charge in [0.05, 0.1) is 0 Å². The Bertz CT molecular complexity index is 770. The standard InChI is InChI=1S/C16H23O2S.2C4H9.C3H5.Sn/c1-2-3-12-16(13-8-5-9-14-16)19(17,18)15-10-6-4-7-11-15;2*1-3-4-2;1-3-2;/h4,6-7,10H,2-3,5,8-9,12-14H2,1H3;2*1,3-4H2,2H3;3H,1-2H2;. The molecule has 0 N–H and O–H groups in total. The van der Waals surface area contributed by atoms with Crippen molar-refractivity contribution in [2.24, 2.45) is 0 Å². The van der Waals surface area contributed by atoms with Crippen LogP contribution in [0.3, 0.4) is 0 Å². The molecule has 2 nitrogen and oxygen atoms in total. The Morgan fingerprint density at radius 2 is 1.52 bits per heavy atom. The zero-order valence-corrected chi connectivity index (χ0v) is 24.1. The minimum atomic E-state index is -3.36. The van der Waals surface area contributed by atoms with Crippen LogP contribution in [0, 0.1) is 0 Å². The number of hydrogen-bond acceptors (Lipinski definition) is 2. The van der Waals surface area contributed by atoms with Gasteiger partial charge in [0.2, 0.25) is 0 Å². The summed E-state index contributed by atoms with van der Waals surface area (Å²) in [6, 6.07) is 8.26. The van der Waals surface area contributed by atoms with E-state index in [2.05, 4.69) is 45.6 Å². The number of unbranched alkanes of at least 4 members (excludes halogenated alkanes) is 3. The van der Waals surface area contributed by atoms with Gasteiger partial charge in [-0.25, -0.2) is 0 Å². The summed E-state index contributed by atoms with van der Waals surface area (Å²) < 4.78 is 33.2. The van der Waals surface area contributed by atoms with E-state index in [1.54, 1.807) is 0 Å². The molecule has 2 rings (SSSR count). The van der Waals surface area contributed by atoms with E-state index in [4.69, 9.17) is 0 Å². The predicted octanol–water partition coefficient (Wildman–Crippen LogP) is 7.80. The molecule has 1 aliphatic rings. The molecule has 0 radical (unpaired) electrons. The number of sulfone groups is 1. The second-order valence-corrected chi connectivity index (χ2v) is 25.0. The first-order valence-corrected chi connectivity index (χ1v) is 21.8. The van der Waals surface area contributed by atoms with Crippen molar-refractivity contribution in [2.45, 2.75) is 121 Å². The van der Waals surface area contributed by atoms with Gasteiger partial charge < -0.3 is 0 Å². The minimum absolute atomic E-state index is 0.543. The fourth-order valence-electron chi connectivity index (χ4n) is 5.74. The topological polar surface area (TPSA) is 34.1 Å². The van der Waals surface area contributed by atoms with Gasteiger partial charge in [-0.15, -0.1) is 0 Å². The molecule has 0 aliphatic heterocycles. The maximum atomic E-state index is 14.4. The molecule has 0 unspecified atom stereocenters. The van der Waals surface area contributed by atoms with Gasteiger partial charge in [-0.1, -0.05) is 0 Å². The third kappa shape index (κ3) is 6.19. The van der Waals surface area contributed by atoms with Crippen molar-refractivity contribution in [3.63, 3.8) is 0 Å². The van der Waals surface area contributed by atoms with Crippen LogP contribution in [0.1, 0.15) is 97.8 Å². The Labute approximate surface area is 197 Å². The molecule has 31 heavy (non-hydrogen) atoms. The molecule has 0 saturated heterocycles. The van der Waals surface area contributed by atoms with Crippen molar-refractivity contribution in [3.05, 3.63) is 36.9 Å². The molecular formula is C27H46O2SSn. The quantitative estimate of drug-likeness (QED) is 0.174. The molecule has 0 atom stereocenters. The van der Waals surface area contributed by atoms with Gasteiger partial charge in [-0.3, -0.25) is 0 Å². The van der Waals surface area contributed by atoms with Gasteiger partial charge in [0.25, 0.3) is 0 Å². The van der Waals surface area contributed by atoms with Crippen LogP contribution in [0.5, 0.6) is 0 Å². The van der Waals surface area contributed by atoms with Crippen LogP contribution in [-0.2, 0) is 9.84 Å². The first-order chi connectivity index (χ1) is 14.9. The Balaban J connectivity index is 2.64. The summed E-state index contributed by atoms with van der Waals surface area (Å²) in [5.41, 5.74) is 0. The van der Waals surface area contributed by atoms with E-state index in [-0.39, 0.29) is 0 Å².